The molecule has 0 aromatic heterocycles. The Morgan fingerprint density at radius 2 is 1.93 bits per heavy atom. The molecule has 3 nitrogen and oxygen atoms in total. The number of aryl methyl sites for hydroxylation is 1. The number of benzene rings is 1. The fraction of sp³-hybridized carbons (Fsp3) is 0.250. The maximum absolute atomic E-state index is 12.5. The van der Waals surface area contributed by atoms with Crippen molar-refractivity contribution < 1.29 is 18.1 Å². The molecule has 0 bridgehead atoms. The molecule has 0 radical (unpaired) electrons. The summed E-state index contributed by atoms with van der Waals surface area (Å²) in [7, 11) is 0. The highest BCUT2D eigenvalue weighted by Gasteiger charge is 2.39. The molecule has 0 unspecified atom stereocenters. The Morgan fingerprint density at radius 3 is 2.33 bits per heavy atom. The number of nitro groups is 1. The van der Waals surface area contributed by atoms with Gasteiger partial charge in [-0.05, 0) is 47.2 Å². The van der Waals surface area contributed by atoms with Gasteiger partial charge in [-0.2, -0.15) is 13.2 Å². The molecule has 0 N–H and O–H groups in total. The quantitative estimate of drug-likeness (QED) is 0.449. The van der Waals surface area contributed by atoms with Gasteiger partial charge in [-0.25, -0.2) is 0 Å². The highest BCUT2D eigenvalue weighted by atomic mass is 127. The van der Waals surface area contributed by atoms with Gasteiger partial charge >= 0.3 is 6.18 Å². The molecule has 0 spiro atoms. The lowest BCUT2D eigenvalue weighted by molar-refractivity contribution is -0.389. The predicted molar refractivity (Wildman–Crippen MR) is 55.6 cm³/mol. The Balaban J connectivity index is 3.54. The smallest absolute Gasteiger partial charge is 0.258 e. The Labute approximate surface area is 96.6 Å². The van der Waals surface area contributed by atoms with Crippen molar-refractivity contribution in [1.82, 2.24) is 0 Å². The van der Waals surface area contributed by atoms with Crippen LogP contribution in [-0.2, 0) is 6.18 Å². The van der Waals surface area contributed by atoms with Crippen molar-refractivity contribution in [2.45, 2.75) is 13.1 Å². The van der Waals surface area contributed by atoms with Crippen LogP contribution in [0.2, 0.25) is 0 Å². The van der Waals surface area contributed by atoms with Gasteiger partial charge in [0, 0.05) is 0 Å². The molecule has 7 heteroatoms. The molecule has 0 atom stereocenters. The van der Waals surface area contributed by atoms with Crippen molar-refractivity contribution >= 4 is 28.3 Å². The summed E-state index contributed by atoms with van der Waals surface area (Å²) in [6, 6.07) is 2.12. The molecular formula is C8H5F3INO2. The lowest BCUT2D eigenvalue weighted by Gasteiger charge is -2.09. The summed E-state index contributed by atoms with van der Waals surface area (Å²) in [5.41, 5.74) is -1.73. The number of rotatable bonds is 1. The van der Waals surface area contributed by atoms with E-state index in [0.717, 1.165) is 6.07 Å². The van der Waals surface area contributed by atoms with E-state index in [2.05, 4.69) is 0 Å². The zero-order chi connectivity index (χ0) is 11.8. The number of nitro benzene ring substituents is 1. The molecule has 0 saturated carbocycles. The first-order valence-electron chi connectivity index (χ1n) is 3.75. The van der Waals surface area contributed by atoms with Crippen molar-refractivity contribution in [1.29, 1.82) is 0 Å². The molecule has 0 amide bonds. The van der Waals surface area contributed by atoms with Crippen LogP contribution in [0.4, 0.5) is 18.9 Å². The van der Waals surface area contributed by atoms with Gasteiger partial charge in [0.05, 0.1) is 8.49 Å². The van der Waals surface area contributed by atoms with Gasteiger partial charge in [-0.15, -0.1) is 0 Å². The van der Waals surface area contributed by atoms with E-state index < -0.39 is 22.4 Å². The van der Waals surface area contributed by atoms with E-state index in [-0.39, 0.29) is 3.57 Å². The van der Waals surface area contributed by atoms with Crippen molar-refractivity contribution in [2.75, 3.05) is 0 Å². The number of halogens is 4. The average molecular weight is 331 g/mol. The van der Waals surface area contributed by atoms with Gasteiger partial charge in [0.15, 0.2) is 0 Å². The molecule has 0 heterocycles. The van der Waals surface area contributed by atoms with Gasteiger partial charge in [-0.3, -0.25) is 10.1 Å². The summed E-state index contributed by atoms with van der Waals surface area (Å²) in [4.78, 5) is 9.49. The van der Waals surface area contributed by atoms with Crippen LogP contribution in [0.25, 0.3) is 0 Å². The van der Waals surface area contributed by atoms with Crippen LogP contribution in [0.5, 0.6) is 0 Å². The first kappa shape index (κ1) is 12.2. The Kier molecular flexibility index (Phi) is 3.22. The molecule has 0 aliphatic rings. The van der Waals surface area contributed by atoms with Gasteiger partial charge in [0.2, 0.25) is 0 Å². The minimum atomic E-state index is -4.70. The third kappa shape index (κ3) is 2.58. The van der Waals surface area contributed by atoms with Crippen molar-refractivity contribution in [3.63, 3.8) is 0 Å². The maximum atomic E-state index is 12.5. The minimum absolute atomic E-state index is 0.00933. The molecule has 1 aromatic rings. The third-order valence-electron chi connectivity index (χ3n) is 1.70. The number of hydrogen-bond donors (Lipinski definition) is 0. The second kappa shape index (κ2) is 3.95. The summed E-state index contributed by atoms with van der Waals surface area (Å²) in [6.45, 7) is 1.46. The van der Waals surface area contributed by atoms with Crippen LogP contribution >= 0.6 is 22.6 Å². The van der Waals surface area contributed by atoms with E-state index in [1.54, 1.807) is 0 Å². The third-order valence-corrected chi connectivity index (χ3v) is 2.52. The number of alkyl halides is 3. The molecule has 1 aromatic carbocycles. The van der Waals surface area contributed by atoms with E-state index in [1.165, 1.54) is 35.6 Å². The van der Waals surface area contributed by atoms with Gasteiger partial charge in [0.1, 0.15) is 5.56 Å². The molecule has 0 saturated heterocycles. The predicted octanol–water partition coefficient (Wildman–Crippen LogP) is 3.53. The lowest BCUT2D eigenvalue weighted by Crippen LogP contribution is -2.10. The zero-order valence-electron chi connectivity index (χ0n) is 7.43. The fourth-order valence-electron chi connectivity index (χ4n) is 1.14. The Bertz CT molecular complexity index is 417. The molecule has 1 rings (SSSR count). The van der Waals surface area contributed by atoms with Crippen LogP contribution in [-0.4, -0.2) is 4.92 Å². The number of nitrogens with zero attached hydrogens (tertiary/aromatic N) is 1. The molecule has 0 aliphatic carbocycles. The van der Waals surface area contributed by atoms with Gasteiger partial charge in [0.25, 0.3) is 5.69 Å². The largest absolute Gasteiger partial charge is 0.423 e. The molecule has 0 fully saturated rings. The van der Waals surface area contributed by atoms with Crippen molar-refractivity contribution in [3.05, 3.63) is 36.9 Å². The van der Waals surface area contributed by atoms with Crippen LogP contribution in [0.3, 0.4) is 0 Å². The SMILES string of the molecule is Cc1cc(I)c([N+](=O)[O-])c(C(F)(F)F)c1. The summed E-state index contributed by atoms with van der Waals surface area (Å²) < 4.78 is 37.4. The highest BCUT2D eigenvalue weighted by molar-refractivity contribution is 14.1. The van der Waals surface area contributed by atoms with E-state index in [9.17, 15) is 23.3 Å². The molecular weight excluding hydrogens is 326 g/mol. The van der Waals surface area contributed by atoms with E-state index in [0.29, 0.717) is 5.56 Å². The topological polar surface area (TPSA) is 43.1 Å². The summed E-state index contributed by atoms with van der Waals surface area (Å²) in [5.74, 6) is 0. The summed E-state index contributed by atoms with van der Waals surface area (Å²) in [6.07, 6.45) is -4.70. The molecule has 82 valence electrons. The Hall–Kier alpha value is -0.860. The van der Waals surface area contributed by atoms with Crippen LogP contribution in [0.15, 0.2) is 12.1 Å². The van der Waals surface area contributed by atoms with E-state index in [4.69, 9.17) is 0 Å². The van der Waals surface area contributed by atoms with Gasteiger partial charge < -0.3 is 0 Å². The maximum Gasteiger partial charge on any atom is 0.423 e. The fourth-order valence-corrected chi connectivity index (χ4v) is 2.11. The first-order chi connectivity index (χ1) is 6.73. The summed E-state index contributed by atoms with van der Waals surface area (Å²) >= 11 is 1.53. The second-order valence-corrected chi connectivity index (χ2v) is 4.06. The average Bonchev–Trinajstić information content (AvgIpc) is 1.99. The molecule has 0 aliphatic heterocycles. The first-order valence-corrected chi connectivity index (χ1v) is 4.83. The Morgan fingerprint density at radius 1 is 1.40 bits per heavy atom. The van der Waals surface area contributed by atoms with Crippen LogP contribution < -0.4 is 0 Å². The van der Waals surface area contributed by atoms with Crippen LogP contribution in [0.1, 0.15) is 11.1 Å². The van der Waals surface area contributed by atoms with E-state index in [1.807, 2.05) is 0 Å². The van der Waals surface area contributed by atoms with E-state index >= 15 is 0 Å². The van der Waals surface area contributed by atoms with Crippen molar-refractivity contribution in [3.8, 4) is 0 Å². The monoisotopic (exact) mass is 331 g/mol. The lowest BCUT2D eigenvalue weighted by atomic mass is 10.1. The zero-order valence-corrected chi connectivity index (χ0v) is 9.59. The normalized spacial score (nSPS) is 11.5. The highest BCUT2D eigenvalue weighted by Crippen LogP contribution is 2.39. The minimum Gasteiger partial charge on any atom is -0.258 e. The summed E-state index contributed by atoms with van der Waals surface area (Å²) in [5, 5.41) is 10.5. The standard InChI is InChI=1S/C8H5F3INO2/c1-4-2-5(8(9,10)11)7(13(14)15)6(12)3-4/h2-3H,1H3. The van der Waals surface area contributed by atoms with Gasteiger partial charge in [-0.1, -0.05) is 0 Å². The van der Waals surface area contributed by atoms with Crippen LogP contribution in [0, 0.1) is 20.6 Å². The molecule has 15 heavy (non-hydrogen) atoms. The van der Waals surface area contributed by atoms with Crippen molar-refractivity contribution in [2.24, 2.45) is 0 Å². The second-order valence-electron chi connectivity index (χ2n) is 2.90. The number of hydrogen-bond acceptors (Lipinski definition) is 2.